The lowest BCUT2D eigenvalue weighted by molar-refractivity contribution is -0.150. The molecule has 6 heteroatoms. The molecule has 1 fully saturated rings. The van der Waals surface area contributed by atoms with E-state index in [1.165, 1.54) is 6.92 Å². The fourth-order valence-corrected chi connectivity index (χ4v) is 5.48. The minimum Gasteiger partial charge on any atom is -0.452 e. The van der Waals surface area contributed by atoms with Gasteiger partial charge in [-0.25, -0.2) is 8.42 Å². The van der Waals surface area contributed by atoms with E-state index in [4.69, 9.17) is 4.74 Å². The van der Waals surface area contributed by atoms with Crippen molar-refractivity contribution in [3.05, 3.63) is 102 Å². The van der Waals surface area contributed by atoms with Crippen LogP contribution in [0.3, 0.4) is 0 Å². The number of sulfonamides is 1. The zero-order valence-electron chi connectivity index (χ0n) is 16.8. The summed E-state index contributed by atoms with van der Waals surface area (Å²) < 4.78 is 35.4. The Balaban J connectivity index is 1.85. The summed E-state index contributed by atoms with van der Waals surface area (Å²) in [7, 11) is -3.88. The van der Waals surface area contributed by atoms with Crippen molar-refractivity contribution in [3.8, 4) is 0 Å². The summed E-state index contributed by atoms with van der Waals surface area (Å²) in [5.41, 5.74) is 0.225. The van der Waals surface area contributed by atoms with E-state index < -0.39 is 27.1 Å². The van der Waals surface area contributed by atoms with E-state index in [-0.39, 0.29) is 4.90 Å². The van der Waals surface area contributed by atoms with Crippen molar-refractivity contribution >= 4 is 16.0 Å². The molecule has 1 aliphatic carbocycles. The molecule has 1 N–H and O–H groups in total. The largest absolute Gasteiger partial charge is 0.452 e. The van der Waals surface area contributed by atoms with Gasteiger partial charge in [-0.05, 0) is 30.2 Å². The number of ether oxygens (including phenoxy) is 1. The van der Waals surface area contributed by atoms with Crippen molar-refractivity contribution in [2.75, 3.05) is 0 Å². The SMILES string of the molecule is CC(=O)O[C@]1(c2ccccc2)C[C@@]1(NS(=O)(=O)c1ccc(C)cc1)c1ccccc1. The average Bonchev–Trinajstić information content (AvgIpc) is 3.37. The lowest BCUT2D eigenvalue weighted by atomic mass is 9.96. The first-order valence-corrected chi connectivity index (χ1v) is 11.2. The first-order valence-electron chi connectivity index (χ1n) is 9.70. The van der Waals surface area contributed by atoms with Gasteiger partial charge in [0.15, 0.2) is 5.60 Å². The zero-order valence-corrected chi connectivity index (χ0v) is 17.6. The van der Waals surface area contributed by atoms with Crippen LogP contribution < -0.4 is 4.72 Å². The third-order valence-corrected chi connectivity index (χ3v) is 7.05. The van der Waals surface area contributed by atoms with E-state index >= 15 is 0 Å². The second-order valence-corrected chi connectivity index (χ2v) is 9.34. The lowest BCUT2D eigenvalue weighted by Crippen LogP contribution is -2.42. The van der Waals surface area contributed by atoms with Gasteiger partial charge >= 0.3 is 5.97 Å². The Bertz CT molecular complexity index is 1160. The van der Waals surface area contributed by atoms with Crippen molar-refractivity contribution in [2.45, 2.75) is 36.3 Å². The highest BCUT2D eigenvalue weighted by Gasteiger charge is 2.74. The van der Waals surface area contributed by atoms with Crippen LogP contribution in [-0.2, 0) is 30.7 Å². The summed E-state index contributed by atoms with van der Waals surface area (Å²) in [6, 6.07) is 25.2. The molecule has 30 heavy (non-hydrogen) atoms. The second kappa shape index (κ2) is 7.38. The minimum atomic E-state index is -3.88. The zero-order chi connectivity index (χ0) is 21.4. The third kappa shape index (κ3) is 3.42. The molecule has 3 aromatic rings. The van der Waals surface area contributed by atoms with Crippen LogP contribution in [-0.4, -0.2) is 14.4 Å². The molecule has 0 aromatic heterocycles. The Labute approximate surface area is 176 Å². The molecule has 0 unspecified atom stereocenters. The van der Waals surface area contributed by atoms with Gasteiger partial charge in [0.1, 0.15) is 5.54 Å². The van der Waals surface area contributed by atoms with Crippen molar-refractivity contribution in [3.63, 3.8) is 0 Å². The van der Waals surface area contributed by atoms with Crippen LogP contribution in [0.2, 0.25) is 0 Å². The molecule has 1 aliphatic rings. The quantitative estimate of drug-likeness (QED) is 0.610. The van der Waals surface area contributed by atoms with E-state index in [9.17, 15) is 13.2 Å². The van der Waals surface area contributed by atoms with Crippen LogP contribution in [0.1, 0.15) is 30.0 Å². The van der Waals surface area contributed by atoms with Crippen molar-refractivity contribution < 1.29 is 17.9 Å². The first-order chi connectivity index (χ1) is 14.3. The summed E-state index contributed by atoms with van der Waals surface area (Å²) in [6.45, 7) is 3.24. The second-order valence-electron chi connectivity index (χ2n) is 7.65. The predicted octanol–water partition coefficient (Wildman–Crippen LogP) is 4.03. The van der Waals surface area contributed by atoms with Crippen molar-refractivity contribution in [1.82, 2.24) is 4.72 Å². The van der Waals surface area contributed by atoms with Crippen LogP contribution in [0.15, 0.2) is 89.8 Å². The molecule has 3 aromatic carbocycles. The molecule has 154 valence electrons. The Morgan fingerprint density at radius 2 is 1.40 bits per heavy atom. The molecule has 5 nitrogen and oxygen atoms in total. The van der Waals surface area contributed by atoms with Crippen LogP contribution in [0, 0.1) is 6.92 Å². The summed E-state index contributed by atoms with van der Waals surface area (Å²) in [5, 5.41) is 0. The van der Waals surface area contributed by atoms with Gasteiger partial charge in [-0.15, -0.1) is 0 Å². The number of aryl methyl sites for hydroxylation is 1. The highest BCUT2D eigenvalue weighted by atomic mass is 32.2. The van der Waals surface area contributed by atoms with Gasteiger partial charge in [-0.1, -0.05) is 78.4 Å². The molecule has 4 rings (SSSR count). The van der Waals surface area contributed by atoms with Gasteiger partial charge in [0, 0.05) is 13.3 Å². The van der Waals surface area contributed by atoms with Gasteiger partial charge in [0.25, 0.3) is 0 Å². The lowest BCUT2D eigenvalue weighted by Gasteiger charge is -2.27. The van der Waals surface area contributed by atoms with E-state index in [1.54, 1.807) is 24.3 Å². The van der Waals surface area contributed by atoms with Gasteiger partial charge in [-0.3, -0.25) is 4.79 Å². The molecular weight excluding hydrogens is 398 g/mol. The molecule has 0 spiro atoms. The number of hydrogen-bond acceptors (Lipinski definition) is 4. The standard InChI is InChI=1S/C24H23NO4S/c1-18-13-15-22(16-14-18)30(27,28)25-23(20-9-5-3-6-10-20)17-24(23,29-19(2)26)21-11-7-4-8-12-21/h3-16,25H,17H2,1-2H3/t23-,24+/m1/s1. The molecule has 0 saturated heterocycles. The van der Waals surface area contributed by atoms with Gasteiger partial charge in [0.05, 0.1) is 4.90 Å². The highest BCUT2D eigenvalue weighted by Crippen LogP contribution is 2.65. The number of carbonyl (C=O) groups excluding carboxylic acids is 1. The molecule has 1 saturated carbocycles. The first kappa shape index (κ1) is 20.3. The monoisotopic (exact) mass is 421 g/mol. The Kier molecular flexibility index (Phi) is 5.00. The minimum absolute atomic E-state index is 0.167. The van der Waals surface area contributed by atoms with Crippen LogP contribution in [0.5, 0.6) is 0 Å². The van der Waals surface area contributed by atoms with Crippen LogP contribution in [0.25, 0.3) is 0 Å². The van der Waals surface area contributed by atoms with Gasteiger partial charge in [0.2, 0.25) is 10.0 Å². The fourth-order valence-electron chi connectivity index (χ4n) is 4.05. The van der Waals surface area contributed by atoms with E-state index in [2.05, 4.69) is 4.72 Å². The number of hydrogen-bond donors (Lipinski definition) is 1. The summed E-state index contributed by atoms with van der Waals surface area (Å²) in [6.07, 6.45) is 0.304. The maximum Gasteiger partial charge on any atom is 0.303 e. The third-order valence-electron chi connectivity index (χ3n) is 5.54. The molecule has 0 amide bonds. The number of benzene rings is 3. The van der Waals surface area contributed by atoms with Gasteiger partial charge < -0.3 is 4.74 Å². The summed E-state index contributed by atoms with van der Waals surface area (Å²) >= 11 is 0. The molecule has 0 aliphatic heterocycles. The van der Waals surface area contributed by atoms with E-state index in [0.717, 1.165) is 16.7 Å². The normalized spacial score (nSPS) is 23.0. The van der Waals surface area contributed by atoms with Crippen molar-refractivity contribution in [2.24, 2.45) is 0 Å². The number of esters is 1. The fraction of sp³-hybridized carbons (Fsp3) is 0.208. The highest BCUT2D eigenvalue weighted by molar-refractivity contribution is 7.89. The molecule has 0 heterocycles. The van der Waals surface area contributed by atoms with E-state index in [0.29, 0.717) is 6.42 Å². The molecule has 0 radical (unpaired) electrons. The summed E-state index contributed by atoms with van der Waals surface area (Å²) in [5.74, 6) is -0.466. The summed E-state index contributed by atoms with van der Waals surface area (Å²) in [4.78, 5) is 12.2. The topological polar surface area (TPSA) is 72.5 Å². The Hall–Kier alpha value is -2.96. The molecule has 0 bridgehead atoms. The van der Waals surface area contributed by atoms with Crippen LogP contribution in [0.4, 0.5) is 0 Å². The Morgan fingerprint density at radius 1 is 0.867 bits per heavy atom. The van der Waals surface area contributed by atoms with Gasteiger partial charge in [-0.2, -0.15) is 4.72 Å². The van der Waals surface area contributed by atoms with E-state index in [1.807, 2.05) is 67.6 Å². The Morgan fingerprint density at radius 3 is 1.93 bits per heavy atom. The number of nitrogens with one attached hydrogen (secondary N) is 1. The predicted molar refractivity (Wildman–Crippen MR) is 114 cm³/mol. The number of rotatable bonds is 6. The molecule has 2 atom stereocenters. The van der Waals surface area contributed by atoms with Crippen molar-refractivity contribution in [1.29, 1.82) is 0 Å². The molecular formula is C24H23NO4S. The van der Waals surface area contributed by atoms with Crippen LogP contribution >= 0.6 is 0 Å². The maximum atomic E-state index is 13.3. The smallest absolute Gasteiger partial charge is 0.303 e. The average molecular weight is 422 g/mol. The number of carbonyl (C=O) groups is 1. The maximum absolute atomic E-state index is 13.3.